The minimum absolute atomic E-state index is 0.441. The Bertz CT molecular complexity index is 180. The maximum absolute atomic E-state index is 4.41. The average Bonchev–Trinajstić information content (AvgIpc) is 1.88. The third-order valence-electron chi connectivity index (χ3n) is 1.62. The van der Waals surface area contributed by atoms with Gasteiger partial charge in [0, 0.05) is 11.4 Å². The molecule has 0 fully saturated rings. The molecule has 0 aromatic rings. The van der Waals surface area contributed by atoms with Gasteiger partial charge in [-0.1, -0.05) is 22.0 Å². The first kappa shape index (κ1) is 7.99. The average molecular weight is 202 g/mol. The Hall–Kier alpha value is -0.110. The van der Waals surface area contributed by atoms with Gasteiger partial charge in [0.25, 0.3) is 0 Å². The zero-order valence-electron chi connectivity index (χ0n) is 6.39. The summed E-state index contributed by atoms with van der Waals surface area (Å²) < 4.78 is 0. The van der Waals surface area contributed by atoms with E-state index in [0.717, 1.165) is 18.5 Å². The number of rotatable bonds is 1. The smallest absolute Gasteiger partial charge is 0.0500 e. The molecule has 0 aromatic carbocycles. The van der Waals surface area contributed by atoms with E-state index in [0.29, 0.717) is 4.83 Å². The van der Waals surface area contributed by atoms with E-state index >= 15 is 0 Å². The topological polar surface area (TPSA) is 12.4 Å². The molecule has 0 aliphatic carbocycles. The molecule has 0 saturated heterocycles. The Morgan fingerprint density at radius 2 is 2.40 bits per heavy atom. The van der Waals surface area contributed by atoms with E-state index in [2.05, 4.69) is 40.8 Å². The zero-order valence-corrected chi connectivity index (χ0v) is 7.98. The summed E-state index contributed by atoms with van der Waals surface area (Å²) in [4.78, 5) is 4.85. The molecule has 0 N–H and O–H groups in total. The van der Waals surface area contributed by atoms with Crippen molar-refractivity contribution in [1.29, 1.82) is 0 Å². The number of alkyl halides is 1. The van der Waals surface area contributed by atoms with Crippen molar-refractivity contribution in [2.24, 2.45) is 4.99 Å². The highest BCUT2D eigenvalue weighted by molar-refractivity contribution is 9.10. The van der Waals surface area contributed by atoms with Crippen molar-refractivity contribution in [2.75, 3.05) is 0 Å². The summed E-state index contributed by atoms with van der Waals surface area (Å²) >= 11 is 3.51. The maximum atomic E-state index is 4.41. The van der Waals surface area contributed by atoms with Crippen molar-refractivity contribution in [3.8, 4) is 0 Å². The lowest BCUT2D eigenvalue weighted by atomic mass is 10.1. The third-order valence-corrected chi connectivity index (χ3v) is 2.15. The van der Waals surface area contributed by atoms with Crippen LogP contribution in [0.3, 0.4) is 0 Å². The van der Waals surface area contributed by atoms with Gasteiger partial charge in [0.05, 0.1) is 4.83 Å². The van der Waals surface area contributed by atoms with Crippen LogP contribution in [0.4, 0.5) is 0 Å². The summed E-state index contributed by atoms with van der Waals surface area (Å²) in [6, 6.07) is 0. The summed E-state index contributed by atoms with van der Waals surface area (Å²) in [5.41, 5.74) is 2.44. The van der Waals surface area contributed by atoms with Crippen LogP contribution in [0, 0.1) is 0 Å². The Morgan fingerprint density at radius 1 is 1.70 bits per heavy atom. The monoisotopic (exact) mass is 201 g/mol. The van der Waals surface area contributed by atoms with Crippen molar-refractivity contribution >= 4 is 21.6 Å². The van der Waals surface area contributed by atoms with Crippen LogP contribution in [0.5, 0.6) is 0 Å². The SMILES string of the molecule is CC1=CCCC(C(C)Br)=N1. The van der Waals surface area contributed by atoms with Crippen LogP contribution in [0.15, 0.2) is 16.8 Å². The van der Waals surface area contributed by atoms with Gasteiger partial charge in [-0.2, -0.15) is 0 Å². The van der Waals surface area contributed by atoms with E-state index in [1.165, 1.54) is 5.71 Å². The molecule has 1 atom stereocenters. The second-order valence-corrected chi connectivity index (χ2v) is 3.98. The predicted octanol–water partition coefficient (Wildman–Crippen LogP) is 2.91. The fourth-order valence-electron chi connectivity index (χ4n) is 1.04. The Morgan fingerprint density at radius 3 is 2.80 bits per heavy atom. The molecule has 1 rings (SSSR count). The summed E-state index contributed by atoms with van der Waals surface area (Å²) in [5.74, 6) is 0. The quantitative estimate of drug-likeness (QED) is 0.579. The van der Waals surface area contributed by atoms with E-state index in [4.69, 9.17) is 0 Å². The molecule has 1 nitrogen and oxygen atoms in total. The maximum Gasteiger partial charge on any atom is 0.0500 e. The normalized spacial score (nSPS) is 21.5. The molecule has 0 spiro atoms. The van der Waals surface area contributed by atoms with Crippen molar-refractivity contribution in [3.63, 3.8) is 0 Å². The van der Waals surface area contributed by atoms with Gasteiger partial charge in [-0.25, -0.2) is 0 Å². The molecular formula is C8H12BrN. The van der Waals surface area contributed by atoms with E-state index in [-0.39, 0.29) is 0 Å². The van der Waals surface area contributed by atoms with Crippen molar-refractivity contribution in [3.05, 3.63) is 11.8 Å². The Balaban J connectivity index is 2.69. The van der Waals surface area contributed by atoms with E-state index in [1.54, 1.807) is 0 Å². The van der Waals surface area contributed by atoms with Crippen LogP contribution in [-0.2, 0) is 0 Å². The molecule has 1 aliphatic rings. The summed E-state index contributed by atoms with van der Waals surface area (Å²) in [6.07, 6.45) is 4.45. The van der Waals surface area contributed by atoms with Crippen LogP contribution < -0.4 is 0 Å². The van der Waals surface area contributed by atoms with E-state index < -0.39 is 0 Å². The van der Waals surface area contributed by atoms with Gasteiger partial charge in [0.1, 0.15) is 0 Å². The lowest BCUT2D eigenvalue weighted by molar-refractivity contribution is 0.990. The van der Waals surface area contributed by atoms with Crippen LogP contribution in [0.2, 0.25) is 0 Å². The van der Waals surface area contributed by atoms with E-state index in [9.17, 15) is 0 Å². The van der Waals surface area contributed by atoms with Crippen LogP contribution in [-0.4, -0.2) is 10.5 Å². The summed E-state index contributed by atoms with van der Waals surface area (Å²) in [7, 11) is 0. The van der Waals surface area contributed by atoms with Gasteiger partial charge in [0.15, 0.2) is 0 Å². The molecule has 10 heavy (non-hydrogen) atoms. The van der Waals surface area contributed by atoms with Gasteiger partial charge < -0.3 is 0 Å². The number of hydrogen-bond acceptors (Lipinski definition) is 1. The number of halogens is 1. The standard InChI is InChI=1S/C8H12BrN/c1-6-4-3-5-8(10-6)7(2)9/h4,7H,3,5H2,1-2H3. The number of hydrogen-bond donors (Lipinski definition) is 0. The van der Waals surface area contributed by atoms with Gasteiger partial charge in [-0.05, 0) is 26.7 Å². The lowest BCUT2D eigenvalue weighted by Gasteiger charge is -2.11. The first-order chi connectivity index (χ1) is 4.70. The van der Waals surface area contributed by atoms with Gasteiger partial charge in [0.2, 0.25) is 0 Å². The minimum Gasteiger partial charge on any atom is -0.262 e. The Kier molecular flexibility index (Phi) is 2.66. The lowest BCUT2D eigenvalue weighted by Crippen LogP contribution is -2.11. The largest absolute Gasteiger partial charge is 0.262 e. The molecule has 0 bridgehead atoms. The number of aliphatic imine (C=N–C) groups is 1. The van der Waals surface area contributed by atoms with Crippen molar-refractivity contribution in [1.82, 2.24) is 0 Å². The van der Waals surface area contributed by atoms with Crippen molar-refractivity contribution < 1.29 is 0 Å². The van der Waals surface area contributed by atoms with Gasteiger partial charge >= 0.3 is 0 Å². The predicted molar refractivity (Wildman–Crippen MR) is 48.8 cm³/mol. The first-order valence-electron chi connectivity index (χ1n) is 3.58. The van der Waals surface area contributed by atoms with Gasteiger partial charge in [-0.15, -0.1) is 0 Å². The van der Waals surface area contributed by atoms with E-state index in [1.807, 2.05) is 0 Å². The molecule has 2 heteroatoms. The highest BCUT2D eigenvalue weighted by atomic mass is 79.9. The second-order valence-electron chi connectivity index (χ2n) is 2.60. The molecule has 0 saturated carbocycles. The van der Waals surface area contributed by atoms with Crippen LogP contribution >= 0.6 is 15.9 Å². The van der Waals surface area contributed by atoms with Crippen LogP contribution in [0.1, 0.15) is 26.7 Å². The molecule has 0 radical (unpaired) electrons. The van der Waals surface area contributed by atoms with Crippen molar-refractivity contribution in [2.45, 2.75) is 31.5 Å². The highest BCUT2D eigenvalue weighted by Crippen LogP contribution is 2.15. The number of nitrogens with zero attached hydrogens (tertiary/aromatic N) is 1. The molecule has 1 unspecified atom stereocenters. The summed E-state index contributed by atoms with van der Waals surface area (Å²) in [5, 5.41) is 0. The highest BCUT2D eigenvalue weighted by Gasteiger charge is 2.08. The minimum atomic E-state index is 0.441. The molecule has 1 heterocycles. The third kappa shape index (κ3) is 1.94. The first-order valence-corrected chi connectivity index (χ1v) is 4.50. The van der Waals surface area contributed by atoms with Gasteiger partial charge in [-0.3, -0.25) is 4.99 Å². The second kappa shape index (κ2) is 3.33. The zero-order chi connectivity index (χ0) is 7.56. The molecule has 0 aromatic heterocycles. The molecule has 0 amide bonds. The molecular weight excluding hydrogens is 190 g/mol. The fraction of sp³-hybridized carbons (Fsp3) is 0.625. The summed E-state index contributed by atoms with van der Waals surface area (Å²) in [6.45, 7) is 4.17. The molecule has 1 aliphatic heterocycles. The number of allylic oxidation sites excluding steroid dienone is 2. The Labute approximate surface area is 70.4 Å². The van der Waals surface area contributed by atoms with Crippen LogP contribution in [0.25, 0.3) is 0 Å². The molecule has 56 valence electrons. The fourth-order valence-corrected chi connectivity index (χ4v) is 1.38.